The van der Waals surface area contributed by atoms with E-state index in [1.807, 2.05) is 0 Å². The van der Waals surface area contributed by atoms with E-state index in [0.29, 0.717) is 0 Å². The summed E-state index contributed by atoms with van der Waals surface area (Å²) in [6.45, 7) is 1.11. The number of azide groups is 1. The fourth-order valence-corrected chi connectivity index (χ4v) is 7.54. The monoisotopic (exact) mass is 3080 g/mol. The summed E-state index contributed by atoms with van der Waals surface area (Å²) < 4.78 is 39.4. The Bertz CT molecular complexity index is 1360. The largest absolute Gasteiger partial charge is 0.448 e. The van der Waals surface area contributed by atoms with E-state index in [4.69, 9.17) is 73.4 Å². The van der Waals surface area contributed by atoms with Crippen molar-refractivity contribution in [1.82, 2.24) is 0 Å². The van der Waals surface area contributed by atoms with Crippen molar-refractivity contribution in [2.45, 2.75) is 140 Å². The van der Waals surface area contributed by atoms with E-state index in [2.05, 4.69) is 10.0 Å². The van der Waals surface area contributed by atoms with Gasteiger partial charge >= 0.3 is 0 Å². The van der Waals surface area contributed by atoms with Gasteiger partial charge in [-0.25, -0.2) is 0 Å². The average Bonchev–Trinajstić information content (AvgIpc) is 3.08. The van der Waals surface area contributed by atoms with Gasteiger partial charge in [0.25, 0.3) is 3.79 Å². The molecular weight excluding hydrogens is 3040 g/mol. The number of hydrogen-bond donors (Lipinski definition) is 11. The first-order valence-corrected chi connectivity index (χ1v) is 17.5. The van der Waals surface area contributed by atoms with Gasteiger partial charge in [-0.1, -0.05) is 46.8 Å². The number of aliphatic hydroxyl groups is 10. The number of halogens is 3. The molecule has 62 heavy (non-hydrogen) atoms. The van der Waals surface area contributed by atoms with Crippen molar-refractivity contribution in [3.05, 3.63) is 10.4 Å². The summed E-state index contributed by atoms with van der Waals surface area (Å²) in [7, 11) is 0. The number of fused-ring (bicyclic) bond motifs is 1. The molecule has 0 amide bonds. The number of hydrogen-bond acceptors (Lipinski definition) is 19. The van der Waals surface area contributed by atoms with Crippen molar-refractivity contribution in [1.29, 1.82) is 5.41 Å². The topological polar surface area (TPSA) is 340 Å². The predicted octanol–water partition coefficient (Wildman–Crippen LogP) is -3.34. The Hall–Kier alpha value is 13.4. The van der Waals surface area contributed by atoms with Gasteiger partial charge in [0.2, 0.25) is 18.0 Å². The van der Waals surface area contributed by atoms with Crippen LogP contribution in [-0.2, 0) is 33.2 Å². The molecule has 0 bridgehead atoms. The summed E-state index contributed by atoms with van der Waals surface area (Å²) in [5, 5.41) is 118. The summed E-state index contributed by atoms with van der Waals surface area (Å²) in [5.74, 6) is -5.63. The molecule has 1 saturated carbocycles. The molecule has 34 heteroatoms. The van der Waals surface area contributed by atoms with E-state index < -0.39 is 151 Å². The van der Waals surface area contributed by atoms with Crippen LogP contribution in [-0.4, -0.2) is 190 Å². The third-order valence-electron chi connectivity index (χ3n) is 10.4. The van der Waals surface area contributed by atoms with Gasteiger partial charge in [0.05, 0.1) is 55.8 Å². The summed E-state index contributed by atoms with van der Waals surface area (Å²) in [5.41, 5.74) is 9.43. The van der Waals surface area contributed by atoms with Gasteiger partial charge in [-0.3, -0.25) is 5.41 Å². The normalized spacial score (nSPS) is 42.8. The molecule has 1 aliphatic carbocycles. The molecule has 21 nitrogen and oxygen atoms in total. The molecule has 0 aromatic rings. The molecule has 4 aliphatic heterocycles. The van der Waals surface area contributed by atoms with Crippen LogP contribution in [0.1, 0.15) is 20.3 Å². The molecule has 21 atom stereocenters. The summed E-state index contributed by atoms with van der Waals surface area (Å²) in [6.07, 6.45) is -27.7. The molecule has 5 fully saturated rings. The third-order valence-corrected chi connectivity index (χ3v) is 10.9. The van der Waals surface area contributed by atoms with Crippen LogP contribution < -0.4 is 0 Å². The first kappa shape index (κ1) is 86.7. The summed E-state index contributed by atoms with van der Waals surface area (Å²) in [6, 6.07) is -1.52. The Balaban J connectivity index is -0.000000784. The number of alkyl halides is 3. The molecule has 0 spiro atoms. The molecule has 5 aliphatic rings. The van der Waals surface area contributed by atoms with Crippen LogP contribution in [0.5, 0.6) is 0 Å². The third kappa shape index (κ3) is 20.7. The maximum atomic E-state index is 11.3. The Morgan fingerprint density at radius 2 is 1.27 bits per heavy atom. The van der Waals surface area contributed by atoms with Crippen LogP contribution in [0.3, 0.4) is 0 Å². The Kier molecular flexibility index (Phi) is 55.6. The van der Waals surface area contributed by atoms with E-state index in [1.54, 1.807) is 0 Å². The van der Waals surface area contributed by atoms with Gasteiger partial charge in [-0.05, 0) is 12.5 Å². The van der Waals surface area contributed by atoms with Gasteiger partial charge in [0.1, 0.15) is 61.0 Å². The van der Waals surface area contributed by atoms with Crippen molar-refractivity contribution in [3.63, 3.8) is 0 Å². The van der Waals surface area contributed by atoms with Crippen molar-refractivity contribution >= 4 is 40.7 Å². The molecule has 4 saturated heterocycles. The van der Waals surface area contributed by atoms with Crippen LogP contribution in [0, 0.1) is 458 Å². The van der Waals surface area contributed by atoms with Gasteiger partial charge in [-0.2, -0.15) is 0 Å². The van der Waals surface area contributed by atoms with Gasteiger partial charge < -0.3 is 84.2 Å². The fraction of sp³-hybridized carbons (Fsp3) is 0.964. The zero-order chi connectivity index (χ0) is 38.6. The fourth-order valence-electron chi connectivity index (χ4n) is 7.41. The van der Waals surface area contributed by atoms with Crippen LogP contribution in [0.2, 0.25) is 0 Å². The molecule has 10 radical (unpaired) electrons. The summed E-state index contributed by atoms with van der Waals surface area (Å²) in [4.78, 5) is 2.78. The smallest absolute Gasteiger partial charge is 0.265 e. The van der Waals surface area contributed by atoms with Gasteiger partial charge in [0.15, 0.2) is 6.29 Å². The molecule has 11 N–H and O–H groups in total. The summed E-state index contributed by atoms with van der Waals surface area (Å²) >= 11 is 17.3. The van der Waals surface area contributed by atoms with Crippen LogP contribution in [0.15, 0.2) is 5.11 Å². The average molecular weight is 3080 g/mol. The number of aliphatic hydroxyl groups excluding tert-OH is 10. The standard InChI is InChI=1S/C28H43Cl3N4O17.10Ac/c1-6-9(3-8(38)16(41)14(6)39)47-22-19(44)17(42)11(5-37)49-25(22)52-27(23-20(45)18(43)15(40)7(2)46-23)12-10(4-36)48-24(50-26(32)28(29,30)31)13(34-35-33)21(12)51-27;;;;;;;;;;/h6-25,32,36-45H,3-5H2,1-2H3;;;;;;;;;;/t6?,7?,8?,9-,10?,11?,12-,13?,14-,15-,16+,17+,18?,19+,20-,21+,22-,23-,24+,25+,27?;;;;;;;;;;/m1........../s1. The molecule has 4 heterocycles. The maximum Gasteiger partial charge on any atom is 0.265 e. The minimum absolute atomic E-state index is 0. The molecule has 8 unspecified atom stereocenters. The van der Waals surface area contributed by atoms with Crippen LogP contribution in [0.25, 0.3) is 10.4 Å². The Morgan fingerprint density at radius 3 is 1.77 bits per heavy atom. The zero-order valence-corrected chi connectivity index (χ0v) is 83.0. The first-order valence-electron chi connectivity index (χ1n) is 16.3. The van der Waals surface area contributed by atoms with Crippen molar-refractivity contribution in [2.75, 3.05) is 13.2 Å². The van der Waals surface area contributed by atoms with E-state index in [9.17, 15) is 56.6 Å². The van der Waals surface area contributed by atoms with Crippen molar-refractivity contribution < 1.29 is 525 Å². The van der Waals surface area contributed by atoms with Crippen molar-refractivity contribution in [2.24, 2.45) is 17.0 Å². The van der Waals surface area contributed by atoms with Gasteiger partial charge in [0, 0.05) is 458 Å². The van der Waals surface area contributed by atoms with E-state index >= 15 is 0 Å². The van der Waals surface area contributed by atoms with Gasteiger partial charge in [-0.15, -0.1) is 0 Å². The zero-order valence-electron chi connectivity index (χ0n) is 33.2. The maximum absolute atomic E-state index is 11.3. The molecular formula is C28H43Ac10Cl3N4O17. The SMILES string of the molecule is CC1O[C@@H](C2(O[C@@H]3OC(CO)[C@H](O)[C@H](O)[C@H]3O[C@@H]3CC(O)[C@H](O)[C@H](O)C3C)O[C@@H]3C(N=[N+]=[N-])[C@H](OC(=N)C(Cl)(Cl)Cl)OC(CO)[C@H]32)[C@H](O)C(O)[C@@H]1O.[Ac].[Ac].[Ac].[Ac].[Ac].[Ac].[Ac].[Ac].[Ac].[Ac]. The second kappa shape index (κ2) is 39.8. The molecule has 5 rings (SSSR count). The van der Waals surface area contributed by atoms with E-state index in [-0.39, 0.29) is 447 Å². The second-order valence-electron chi connectivity index (χ2n) is 13.5. The van der Waals surface area contributed by atoms with Crippen molar-refractivity contribution in [3.8, 4) is 0 Å². The minimum Gasteiger partial charge on any atom is -0.448 e. The number of nitrogens with one attached hydrogen (secondary N) is 1. The van der Waals surface area contributed by atoms with E-state index in [0.717, 1.165) is 0 Å². The Morgan fingerprint density at radius 1 is 0.742 bits per heavy atom. The van der Waals surface area contributed by atoms with Crippen LogP contribution >= 0.6 is 34.8 Å². The Labute approximate surface area is 731 Å². The first-order chi connectivity index (χ1) is 24.3. The predicted molar refractivity (Wildman–Crippen MR) is 171 cm³/mol. The number of nitrogens with zero attached hydrogens (tertiary/aromatic N) is 3. The number of ether oxygens (including phenoxy) is 7. The molecule has 328 valence electrons. The number of rotatable bonds is 9. The quantitative estimate of drug-likeness (QED) is 0.0269. The molecule has 0 aromatic heterocycles. The second-order valence-corrected chi connectivity index (χ2v) is 15.8. The van der Waals surface area contributed by atoms with Crippen LogP contribution in [0.4, 0.5) is 0 Å². The van der Waals surface area contributed by atoms with E-state index in [1.165, 1.54) is 13.8 Å². The molecule has 0 aromatic carbocycles. The minimum atomic E-state index is -2.44.